The number of aliphatic imine (C=N–C) groups is 1. The van der Waals surface area contributed by atoms with Gasteiger partial charge in [-0.2, -0.15) is 0 Å². The van der Waals surface area contributed by atoms with Crippen LogP contribution in [-0.2, 0) is 19.4 Å². The van der Waals surface area contributed by atoms with E-state index in [1.165, 1.54) is 24.8 Å². The maximum Gasteiger partial charge on any atom is 0.191 e. The lowest BCUT2D eigenvalue weighted by molar-refractivity contribution is 0.599. The molecule has 1 aromatic heterocycles. The summed E-state index contributed by atoms with van der Waals surface area (Å²) in [6.45, 7) is 4.93. The molecule has 1 aliphatic rings. The van der Waals surface area contributed by atoms with Crippen LogP contribution in [0, 0.1) is 0 Å². The number of nitrogens with one attached hydrogen (secondary N) is 2. The van der Waals surface area contributed by atoms with Gasteiger partial charge in [0.25, 0.3) is 0 Å². The minimum atomic E-state index is 0. The van der Waals surface area contributed by atoms with Gasteiger partial charge in [0.2, 0.25) is 0 Å². The molecular formula is C20H31IN6. The van der Waals surface area contributed by atoms with Gasteiger partial charge in [-0.15, -0.1) is 34.2 Å². The Bertz CT molecular complexity index is 713. The van der Waals surface area contributed by atoms with E-state index >= 15 is 0 Å². The highest BCUT2D eigenvalue weighted by Crippen LogP contribution is 2.15. The smallest absolute Gasteiger partial charge is 0.191 e. The predicted molar refractivity (Wildman–Crippen MR) is 121 cm³/mol. The molecular weight excluding hydrogens is 451 g/mol. The van der Waals surface area contributed by atoms with Crippen LogP contribution in [0.5, 0.6) is 0 Å². The standard InChI is InChI=1S/C20H30N6.HI/c1-16(17-9-5-3-6-10-17)15-23-20(21-2)22-13-12-19-25-24-18-11-7-4-8-14-26(18)19;/h3,5-6,9-10,16H,4,7-8,11-15H2,1-2H3,(H2,21,22,23);1H. The van der Waals surface area contributed by atoms with Gasteiger partial charge < -0.3 is 15.2 Å². The summed E-state index contributed by atoms with van der Waals surface area (Å²) in [5, 5.41) is 15.6. The predicted octanol–water partition coefficient (Wildman–Crippen LogP) is 3.13. The molecule has 7 heteroatoms. The summed E-state index contributed by atoms with van der Waals surface area (Å²) in [5.41, 5.74) is 1.33. The van der Waals surface area contributed by atoms with E-state index in [0.29, 0.717) is 5.92 Å². The SMILES string of the molecule is CN=C(NCCc1nnc2n1CCCCC2)NCC(C)c1ccccc1.I. The first kappa shape index (κ1) is 21.7. The molecule has 0 fully saturated rings. The Morgan fingerprint density at radius 2 is 1.96 bits per heavy atom. The highest BCUT2D eigenvalue weighted by Gasteiger charge is 2.14. The molecule has 3 rings (SSSR count). The van der Waals surface area contributed by atoms with Crippen LogP contribution in [0.15, 0.2) is 35.3 Å². The summed E-state index contributed by atoms with van der Waals surface area (Å²) in [6.07, 6.45) is 5.67. The summed E-state index contributed by atoms with van der Waals surface area (Å²) < 4.78 is 2.31. The van der Waals surface area contributed by atoms with Crippen LogP contribution in [0.1, 0.15) is 49.3 Å². The molecule has 0 amide bonds. The average Bonchev–Trinajstić information content (AvgIpc) is 2.91. The number of aryl methyl sites for hydroxylation is 1. The number of rotatable bonds is 6. The molecule has 1 unspecified atom stereocenters. The first-order chi connectivity index (χ1) is 12.8. The Hall–Kier alpha value is -1.64. The van der Waals surface area contributed by atoms with Crippen molar-refractivity contribution < 1.29 is 0 Å². The summed E-state index contributed by atoms with van der Waals surface area (Å²) in [5.74, 6) is 3.50. The molecule has 0 saturated heterocycles. The van der Waals surface area contributed by atoms with Crippen LogP contribution < -0.4 is 10.6 Å². The third-order valence-corrected chi connectivity index (χ3v) is 5.00. The summed E-state index contributed by atoms with van der Waals surface area (Å²) in [7, 11) is 1.81. The average molecular weight is 482 g/mol. The third kappa shape index (κ3) is 6.19. The van der Waals surface area contributed by atoms with Crippen molar-refractivity contribution in [2.45, 2.75) is 51.5 Å². The van der Waals surface area contributed by atoms with Crippen molar-refractivity contribution in [3.05, 3.63) is 47.5 Å². The lowest BCUT2D eigenvalue weighted by Gasteiger charge is -2.16. The number of benzene rings is 1. The maximum atomic E-state index is 4.39. The molecule has 1 aromatic carbocycles. The molecule has 0 radical (unpaired) electrons. The molecule has 0 bridgehead atoms. The minimum Gasteiger partial charge on any atom is -0.356 e. The highest BCUT2D eigenvalue weighted by molar-refractivity contribution is 14.0. The van der Waals surface area contributed by atoms with Crippen LogP contribution in [0.2, 0.25) is 0 Å². The Balaban J connectivity index is 0.00000261. The van der Waals surface area contributed by atoms with Gasteiger partial charge in [0.1, 0.15) is 11.6 Å². The summed E-state index contributed by atoms with van der Waals surface area (Å²) in [6, 6.07) is 10.6. The van der Waals surface area contributed by atoms with Gasteiger partial charge in [0.15, 0.2) is 5.96 Å². The van der Waals surface area contributed by atoms with Crippen molar-refractivity contribution in [2.24, 2.45) is 4.99 Å². The van der Waals surface area contributed by atoms with Crippen molar-refractivity contribution in [2.75, 3.05) is 20.1 Å². The van der Waals surface area contributed by atoms with E-state index in [1.54, 1.807) is 0 Å². The van der Waals surface area contributed by atoms with E-state index < -0.39 is 0 Å². The van der Waals surface area contributed by atoms with E-state index in [-0.39, 0.29) is 24.0 Å². The number of halogens is 1. The van der Waals surface area contributed by atoms with Crippen molar-refractivity contribution in [3.8, 4) is 0 Å². The van der Waals surface area contributed by atoms with Gasteiger partial charge in [0, 0.05) is 39.5 Å². The summed E-state index contributed by atoms with van der Waals surface area (Å²) >= 11 is 0. The fraction of sp³-hybridized carbons (Fsp3) is 0.550. The fourth-order valence-corrected chi connectivity index (χ4v) is 3.39. The quantitative estimate of drug-likeness (QED) is 0.377. The number of fused-ring (bicyclic) bond motifs is 1. The van der Waals surface area contributed by atoms with Gasteiger partial charge in [-0.25, -0.2) is 0 Å². The van der Waals surface area contributed by atoms with Gasteiger partial charge in [0.05, 0.1) is 0 Å². The van der Waals surface area contributed by atoms with Crippen LogP contribution in [0.3, 0.4) is 0 Å². The van der Waals surface area contributed by atoms with Crippen LogP contribution >= 0.6 is 24.0 Å². The topological polar surface area (TPSA) is 67.1 Å². The molecule has 148 valence electrons. The van der Waals surface area contributed by atoms with Gasteiger partial charge in [-0.05, 0) is 24.3 Å². The second-order valence-corrected chi connectivity index (χ2v) is 6.94. The molecule has 0 aliphatic carbocycles. The number of nitrogens with zero attached hydrogens (tertiary/aromatic N) is 4. The Labute approximate surface area is 179 Å². The first-order valence-corrected chi connectivity index (χ1v) is 9.68. The maximum absolute atomic E-state index is 4.39. The van der Waals surface area contributed by atoms with Crippen molar-refractivity contribution in [1.29, 1.82) is 0 Å². The van der Waals surface area contributed by atoms with Crippen molar-refractivity contribution >= 4 is 29.9 Å². The number of hydrogen-bond acceptors (Lipinski definition) is 3. The number of hydrogen-bond donors (Lipinski definition) is 2. The Morgan fingerprint density at radius 3 is 2.74 bits per heavy atom. The molecule has 0 spiro atoms. The lowest BCUT2D eigenvalue weighted by Crippen LogP contribution is -2.40. The second-order valence-electron chi connectivity index (χ2n) is 6.94. The van der Waals surface area contributed by atoms with Gasteiger partial charge in [-0.1, -0.05) is 43.7 Å². The van der Waals surface area contributed by atoms with Crippen LogP contribution in [-0.4, -0.2) is 40.9 Å². The first-order valence-electron chi connectivity index (χ1n) is 9.68. The van der Waals surface area contributed by atoms with E-state index in [0.717, 1.165) is 50.1 Å². The number of guanidine groups is 1. The lowest BCUT2D eigenvalue weighted by atomic mass is 10.0. The molecule has 6 nitrogen and oxygen atoms in total. The third-order valence-electron chi connectivity index (χ3n) is 5.00. The van der Waals surface area contributed by atoms with Crippen molar-refractivity contribution in [3.63, 3.8) is 0 Å². The van der Waals surface area contributed by atoms with E-state index in [4.69, 9.17) is 0 Å². The molecule has 2 heterocycles. The largest absolute Gasteiger partial charge is 0.356 e. The van der Waals surface area contributed by atoms with Crippen LogP contribution in [0.25, 0.3) is 0 Å². The van der Waals surface area contributed by atoms with Gasteiger partial charge >= 0.3 is 0 Å². The summed E-state index contributed by atoms with van der Waals surface area (Å²) in [4.78, 5) is 4.33. The molecule has 1 atom stereocenters. The second kappa shape index (κ2) is 11.3. The van der Waals surface area contributed by atoms with E-state index in [2.05, 4.69) is 67.6 Å². The zero-order valence-electron chi connectivity index (χ0n) is 16.3. The van der Waals surface area contributed by atoms with Gasteiger partial charge in [-0.3, -0.25) is 4.99 Å². The minimum absolute atomic E-state index is 0. The van der Waals surface area contributed by atoms with E-state index in [9.17, 15) is 0 Å². The molecule has 27 heavy (non-hydrogen) atoms. The molecule has 1 aliphatic heterocycles. The zero-order chi connectivity index (χ0) is 18.2. The fourth-order valence-electron chi connectivity index (χ4n) is 3.39. The molecule has 0 saturated carbocycles. The Morgan fingerprint density at radius 1 is 1.15 bits per heavy atom. The highest BCUT2D eigenvalue weighted by atomic mass is 127. The molecule has 2 aromatic rings. The van der Waals surface area contributed by atoms with E-state index in [1.807, 2.05) is 7.05 Å². The Kier molecular flexibility index (Phi) is 9.03. The number of aromatic nitrogens is 3. The molecule has 2 N–H and O–H groups in total. The van der Waals surface area contributed by atoms with Crippen molar-refractivity contribution in [1.82, 2.24) is 25.4 Å². The normalized spacial score (nSPS) is 15.3. The van der Waals surface area contributed by atoms with Crippen LogP contribution in [0.4, 0.5) is 0 Å². The zero-order valence-corrected chi connectivity index (χ0v) is 18.6. The monoisotopic (exact) mass is 482 g/mol.